The molecule has 1 fully saturated rings. The van der Waals surface area contributed by atoms with E-state index in [1.54, 1.807) is 0 Å². The minimum Gasteiger partial charge on any atom is -0.388 e. The van der Waals surface area contributed by atoms with Crippen molar-refractivity contribution in [2.24, 2.45) is 15.7 Å². The average molecular weight is 329 g/mol. The lowest BCUT2D eigenvalue weighted by molar-refractivity contribution is 0.166. The van der Waals surface area contributed by atoms with Gasteiger partial charge in [0.15, 0.2) is 0 Å². The average Bonchev–Trinajstić information content (AvgIpc) is 2.55. The van der Waals surface area contributed by atoms with Gasteiger partial charge in [-0.1, -0.05) is 31.9 Å². The van der Waals surface area contributed by atoms with E-state index in [0.717, 1.165) is 49.8 Å². The largest absolute Gasteiger partial charge is 0.388 e. The minimum atomic E-state index is -0.436. The quantitative estimate of drug-likeness (QED) is 0.683. The molecule has 2 aliphatic rings. The van der Waals surface area contributed by atoms with Gasteiger partial charge in [0.05, 0.1) is 6.10 Å². The smallest absolute Gasteiger partial charge is 0.220 e. The van der Waals surface area contributed by atoms with Crippen molar-refractivity contribution in [3.05, 3.63) is 29.8 Å². The number of aliphatic imine (C=N–C) groups is 2. The summed E-state index contributed by atoms with van der Waals surface area (Å²) in [6, 6.07) is 7.80. The number of benzene rings is 1. The molecule has 1 unspecified atom stereocenters. The van der Waals surface area contributed by atoms with Crippen molar-refractivity contribution in [3.8, 4) is 0 Å². The van der Waals surface area contributed by atoms with Crippen LogP contribution < -0.4 is 16.4 Å². The summed E-state index contributed by atoms with van der Waals surface area (Å²) in [5, 5.41) is 16.9. The summed E-state index contributed by atoms with van der Waals surface area (Å²) in [6.07, 6.45) is 6.76. The second kappa shape index (κ2) is 7.21. The molecule has 0 bridgehead atoms. The van der Waals surface area contributed by atoms with Crippen LogP contribution in [0, 0.1) is 0 Å². The number of rotatable bonds is 4. The Labute approximate surface area is 143 Å². The third-order valence-corrected chi connectivity index (χ3v) is 4.68. The van der Waals surface area contributed by atoms with Crippen molar-refractivity contribution < 1.29 is 5.11 Å². The topological polar surface area (TPSA) is 95.0 Å². The third kappa shape index (κ3) is 3.87. The van der Waals surface area contributed by atoms with Gasteiger partial charge in [-0.2, -0.15) is 4.99 Å². The van der Waals surface area contributed by atoms with Crippen molar-refractivity contribution in [3.63, 3.8) is 0 Å². The maximum atomic E-state index is 10.2. The van der Waals surface area contributed by atoms with E-state index in [9.17, 15) is 5.11 Å². The predicted molar refractivity (Wildman–Crippen MR) is 97.9 cm³/mol. The fraction of sp³-hybridized carbons (Fsp3) is 0.556. The lowest BCUT2D eigenvalue weighted by Crippen LogP contribution is -2.54. The molecule has 1 saturated carbocycles. The zero-order chi connectivity index (χ0) is 17.0. The van der Waals surface area contributed by atoms with Gasteiger partial charge in [-0.15, -0.1) is 0 Å². The van der Waals surface area contributed by atoms with E-state index in [1.165, 1.54) is 6.42 Å². The molecule has 1 aromatic carbocycles. The van der Waals surface area contributed by atoms with Crippen LogP contribution >= 0.6 is 0 Å². The van der Waals surface area contributed by atoms with Crippen LogP contribution in [-0.2, 0) is 0 Å². The van der Waals surface area contributed by atoms with E-state index < -0.39 is 6.10 Å². The molecule has 0 saturated heterocycles. The number of anilines is 1. The van der Waals surface area contributed by atoms with E-state index in [1.807, 2.05) is 24.3 Å². The number of aliphatic hydroxyl groups is 1. The highest BCUT2D eigenvalue weighted by molar-refractivity contribution is 6.03. The number of guanidine groups is 2. The first kappa shape index (κ1) is 16.8. The van der Waals surface area contributed by atoms with Crippen LogP contribution in [-0.4, -0.2) is 22.7 Å². The fourth-order valence-electron chi connectivity index (χ4n) is 3.47. The standard InChI is InChI=1S/C18H27N5O/c1-2-7-15(24)13-8-6-9-14(12-13)20-17-21-16(19)22-18(23-17)10-4-3-5-11-18/h6,8-9,12,15,24H,2-5,7,10-11H2,1H3,(H4,19,20,21,22,23). The Morgan fingerprint density at radius 2 is 2.12 bits per heavy atom. The van der Waals surface area contributed by atoms with Crippen molar-refractivity contribution in [2.75, 3.05) is 5.32 Å². The van der Waals surface area contributed by atoms with Crippen LogP contribution in [0.25, 0.3) is 0 Å². The van der Waals surface area contributed by atoms with Crippen LogP contribution in [0.1, 0.15) is 63.5 Å². The number of nitrogens with one attached hydrogen (secondary N) is 2. The molecule has 1 heterocycles. The minimum absolute atomic E-state index is 0.314. The molecule has 0 radical (unpaired) electrons. The predicted octanol–water partition coefficient (Wildman–Crippen LogP) is 2.87. The van der Waals surface area contributed by atoms with Crippen molar-refractivity contribution >= 4 is 17.6 Å². The Kier molecular flexibility index (Phi) is 5.04. The van der Waals surface area contributed by atoms with Gasteiger partial charge in [0.1, 0.15) is 5.66 Å². The van der Waals surface area contributed by atoms with Gasteiger partial charge in [0.2, 0.25) is 11.9 Å². The molecule has 6 heteroatoms. The third-order valence-electron chi connectivity index (χ3n) is 4.68. The molecule has 1 spiro atoms. The highest BCUT2D eigenvalue weighted by atomic mass is 16.3. The van der Waals surface area contributed by atoms with E-state index in [4.69, 9.17) is 5.73 Å². The van der Waals surface area contributed by atoms with E-state index in [0.29, 0.717) is 11.9 Å². The van der Waals surface area contributed by atoms with E-state index in [-0.39, 0.29) is 5.66 Å². The molecule has 5 N–H and O–H groups in total. The summed E-state index contributed by atoms with van der Waals surface area (Å²) < 4.78 is 0. The molecule has 6 nitrogen and oxygen atoms in total. The van der Waals surface area contributed by atoms with E-state index in [2.05, 4.69) is 27.5 Å². The fourth-order valence-corrected chi connectivity index (χ4v) is 3.47. The van der Waals surface area contributed by atoms with Gasteiger partial charge in [-0.25, -0.2) is 4.99 Å². The number of nitrogens with two attached hydrogens (primary N) is 1. The van der Waals surface area contributed by atoms with Crippen LogP contribution in [0.15, 0.2) is 34.3 Å². The summed E-state index contributed by atoms with van der Waals surface area (Å²) in [5.74, 6) is 0.951. The molecule has 1 aliphatic heterocycles. The lowest BCUT2D eigenvalue weighted by Gasteiger charge is -2.37. The lowest BCUT2D eigenvalue weighted by atomic mass is 9.89. The molecular formula is C18H27N5O. The van der Waals surface area contributed by atoms with E-state index >= 15 is 0 Å². The first-order valence-electron chi connectivity index (χ1n) is 8.87. The molecule has 130 valence electrons. The second-order valence-corrected chi connectivity index (χ2v) is 6.70. The van der Waals surface area contributed by atoms with Gasteiger partial charge in [-0.05, 0) is 49.8 Å². The van der Waals surface area contributed by atoms with Gasteiger partial charge in [0.25, 0.3) is 0 Å². The van der Waals surface area contributed by atoms with Crippen LogP contribution in [0.5, 0.6) is 0 Å². The summed E-state index contributed by atoms with van der Waals surface area (Å²) in [6.45, 7) is 2.07. The van der Waals surface area contributed by atoms with Crippen LogP contribution in [0.4, 0.5) is 5.69 Å². The molecule has 1 atom stereocenters. The highest BCUT2D eigenvalue weighted by Gasteiger charge is 2.35. The summed E-state index contributed by atoms with van der Waals surface area (Å²) in [7, 11) is 0. The van der Waals surface area contributed by atoms with Crippen LogP contribution in [0.3, 0.4) is 0 Å². The summed E-state index contributed by atoms with van der Waals surface area (Å²) >= 11 is 0. The van der Waals surface area contributed by atoms with Crippen molar-refractivity contribution in [1.29, 1.82) is 0 Å². The van der Waals surface area contributed by atoms with Gasteiger partial charge < -0.3 is 21.5 Å². The van der Waals surface area contributed by atoms with Gasteiger partial charge in [0, 0.05) is 5.69 Å². The Hall–Kier alpha value is -2.08. The molecule has 0 aromatic heterocycles. The Morgan fingerprint density at radius 3 is 2.88 bits per heavy atom. The first-order chi connectivity index (χ1) is 11.6. The molecule has 3 rings (SSSR count). The Balaban J connectivity index is 1.74. The molecule has 24 heavy (non-hydrogen) atoms. The van der Waals surface area contributed by atoms with Gasteiger partial charge in [-0.3, -0.25) is 0 Å². The first-order valence-corrected chi connectivity index (χ1v) is 8.87. The molecule has 1 aliphatic carbocycles. The van der Waals surface area contributed by atoms with Crippen molar-refractivity contribution in [2.45, 2.75) is 63.6 Å². The number of nitrogens with zero attached hydrogens (tertiary/aromatic N) is 2. The summed E-state index contributed by atoms with van der Waals surface area (Å²) in [4.78, 5) is 8.85. The number of hydrogen-bond donors (Lipinski definition) is 4. The Morgan fingerprint density at radius 1 is 1.33 bits per heavy atom. The van der Waals surface area contributed by atoms with Crippen molar-refractivity contribution in [1.82, 2.24) is 5.32 Å². The maximum absolute atomic E-state index is 10.2. The Bertz CT molecular complexity index is 634. The number of hydrogen-bond acceptors (Lipinski definition) is 6. The molecule has 1 aromatic rings. The second-order valence-electron chi connectivity index (χ2n) is 6.70. The van der Waals surface area contributed by atoms with Crippen LogP contribution in [0.2, 0.25) is 0 Å². The SMILES string of the molecule is CCCC(O)c1cccc(NC2=NC(N)=NC3(CCCCC3)N2)c1. The van der Waals surface area contributed by atoms with Gasteiger partial charge >= 0.3 is 0 Å². The maximum Gasteiger partial charge on any atom is 0.220 e. The zero-order valence-corrected chi connectivity index (χ0v) is 14.3. The summed E-state index contributed by atoms with van der Waals surface area (Å²) in [5.41, 5.74) is 7.42. The monoisotopic (exact) mass is 329 g/mol. The normalized spacial score (nSPS) is 20.8. The zero-order valence-electron chi connectivity index (χ0n) is 14.3. The number of aliphatic hydroxyl groups excluding tert-OH is 1. The molecule has 0 amide bonds. The highest BCUT2D eigenvalue weighted by Crippen LogP contribution is 2.31. The molecular weight excluding hydrogens is 302 g/mol.